The van der Waals surface area contributed by atoms with E-state index in [0.717, 1.165) is 5.01 Å². The highest BCUT2D eigenvalue weighted by Crippen LogP contribution is 2.28. The highest BCUT2D eigenvalue weighted by molar-refractivity contribution is 7.09. The summed E-state index contributed by atoms with van der Waals surface area (Å²) in [6.45, 7) is 0.347. The number of anilines is 2. The number of aromatic nitrogens is 3. The second-order valence-corrected chi connectivity index (χ2v) is 4.08. The van der Waals surface area contributed by atoms with Gasteiger partial charge in [-0.3, -0.25) is 10.1 Å². The maximum Gasteiger partial charge on any atom is 0.354 e. The highest BCUT2D eigenvalue weighted by atomic mass is 32.1. The monoisotopic (exact) mass is 267 g/mol. The van der Waals surface area contributed by atoms with Crippen LogP contribution in [0.5, 0.6) is 0 Å². The SMILES string of the molecule is NNc1ncnc(NCc2nccs2)c1[N+](=O)[O-]. The summed E-state index contributed by atoms with van der Waals surface area (Å²) in [6, 6.07) is 0. The van der Waals surface area contributed by atoms with Gasteiger partial charge in [-0.05, 0) is 0 Å². The van der Waals surface area contributed by atoms with Crippen molar-refractivity contribution in [1.82, 2.24) is 15.0 Å². The molecule has 0 unspecified atom stereocenters. The lowest BCUT2D eigenvalue weighted by atomic mass is 10.4. The van der Waals surface area contributed by atoms with Gasteiger partial charge in [-0.25, -0.2) is 20.8 Å². The molecule has 0 spiro atoms. The van der Waals surface area contributed by atoms with E-state index in [4.69, 9.17) is 5.84 Å². The number of hydrogen-bond donors (Lipinski definition) is 3. The Hall–Kier alpha value is -2.33. The lowest BCUT2D eigenvalue weighted by Crippen LogP contribution is -2.13. The van der Waals surface area contributed by atoms with Crippen molar-refractivity contribution >= 4 is 28.7 Å². The number of hydrogen-bond acceptors (Lipinski definition) is 9. The third-order valence-electron chi connectivity index (χ3n) is 2.03. The van der Waals surface area contributed by atoms with Crippen LogP contribution in [0.15, 0.2) is 17.9 Å². The molecule has 2 aromatic heterocycles. The van der Waals surface area contributed by atoms with Gasteiger partial charge in [-0.15, -0.1) is 11.3 Å². The fourth-order valence-corrected chi connectivity index (χ4v) is 1.84. The van der Waals surface area contributed by atoms with Crippen LogP contribution in [0.3, 0.4) is 0 Å². The summed E-state index contributed by atoms with van der Waals surface area (Å²) < 4.78 is 0. The molecular weight excluding hydrogens is 258 g/mol. The molecule has 0 amide bonds. The first-order valence-corrected chi connectivity index (χ1v) is 5.68. The minimum Gasteiger partial charge on any atom is -0.358 e. The summed E-state index contributed by atoms with van der Waals surface area (Å²) in [6.07, 6.45) is 2.84. The van der Waals surface area contributed by atoms with Crippen molar-refractivity contribution in [2.24, 2.45) is 5.84 Å². The number of hydrazine groups is 1. The van der Waals surface area contributed by atoms with E-state index in [0.29, 0.717) is 6.54 Å². The second-order valence-electron chi connectivity index (χ2n) is 3.10. The van der Waals surface area contributed by atoms with E-state index in [-0.39, 0.29) is 17.3 Å². The number of nitro groups is 1. The molecule has 0 atom stereocenters. The van der Waals surface area contributed by atoms with Gasteiger partial charge >= 0.3 is 5.69 Å². The number of thiazole rings is 1. The number of nitrogens with zero attached hydrogens (tertiary/aromatic N) is 4. The molecule has 2 heterocycles. The maximum absolute atomic E-state index is 10.9. The van der Waals surface area contributed by atoms with Crippen molar-refractivity contribution in [2.75, 3.05) is 10.7 Å². The summed E-state index contributed by atoms with van der Waals surface area (Å²) in [5, 5.41) is 16.4. The molecule has 0 saturated heterocycles. The lowest BCUT2D eigenvalue weighted by Gasteiger charge is -2.06. The third kappa shape index (κ3) is 2.49. The fourth-order valence-electron chi connectivity index (χ4n) is 1.29. The van der Waals surface area contributed by atoms with Gasteiger partial charge in [-0.2, -0.15) is 0 Å². The zero-order valence-corrected chi connectivity index (χ0v) is 9.85. The summed E-state index contributed by atoms with van der Waals surface area (Å²) >= 11 is 1.44. The molecule has 4 N–H and O–H groups in total. The van der Waals surface area contributed by atoms with E-state index in [2.05, 4.69) is 25.7 Å². The summed E-state index contributed by atoms with van der Waals surface area (Å²) in [4.78, 5) is 21.9. The predicted octanol–water partition coefficient (Wildman–Crippen LogP) is 0.739. The molecule has 94 valence electrons. The molecule has 0 saturated carbocycles. The van der Waals surface area contributed by atoms with E-state index in [9.17, 15) is 10.1 Å². The van der Waals surface area contributed by atoms with E-state index < -0.39 is 4.92 Å². The average Bonchev–Trinajstić information content (AvgIpc) is 2.88. The van der Waals surface area contributed by atoms with Crippen LogP contribution in [0.1, 0.15) is 5.01 Å². The quantitative estimate of drug-likeness (QED) is 0.410. The zero-order valence-electron chi connectivity index (χ0n) is 9.03. The van der Waals surface area contributed by atoms with Crippen molar-refractivity contribution in [3.63, 3.8) is 0 Å². The molecule has 0 aromatic carbocycles. The van der Waals surface area contributed by atoms with E-state index >= 15 is 0 Å². The summed E-state index contributed by atoms with van der Waals surface area (Å²) in [5.41, 5.74) is 1.87. The smallest absolute Gasteiger partial charge is 0.354 e. The third-order valence-corrected chi connectivity index (χ3v) is 2.81. The maximum atomic E-state index is 10.9. The zero-order chi connectivity index (χ0) is 13.0. The molecule has 18 heavy (non-hydrogen) atoms. The normalized spacial score (nSPS) is 10.1. The molecule has 0 aliphatic heterocycles. The molecule has 0 fully saturated rings. The van der Waals surface area contributed by atoms with Crippen LogP contribution in [0, 0.1) is 10.1 Å². The van der Waals surface area contributed by atoms with Crippen LogP contribution in [0.4, 0.5) is 17.3 Å². The first-order chi connectivity index (χ1) is 8.72. The molecule has 9 nitrogen and oxygen atoms in total. The Kier molecular flexibility index (Phi) is 3.60. The lowest BCUT2D eigenvalue weighted by molar-refractivity contribution is -0.383. The Labute approximate surface area is 105 Å². The first kappa shape index (κ1) is 12.1. The van der Waals surface area contributed by atoms with E-state index in [1.54, 1.807) is 6.20 Å². The molecule has 0 aliphatic rings. The van der Waals surface area contributed by atoms with Crippen molar-refractivity contribution < 1.29 is 4.92 Å². The Balaban J connectivity index is 2.24. The molecule has 0 radical (unpaired) electrons. The van der Waals surface area contributed by atoms with Gasteiger partial charge < -0.3 is 10.7 Å². The van der Waals surface area contributed by atoms with Crippen LogP contribution < -0.4 is 16.6 Å². The van der Waals surface area contributed by atoms with Crippen LogP contribution in [-0.4, -0.2) is 19.9 Å². The van der Waals surface area contributed by atoms with Crippen molar-refractivity contribution in [2.45, 2.75) is 6.54 Å². The Morgan fingerprint density at radius 1 is 1.39 bits per heavy atom. The summed E-state index contributed by atoms with van der Waals surface area (Å²) in [5.74, 6) is 5.22. The number of nitrogen functional groups attached to an aromatic ring is 1. The molecule has 2 rings (SSSR count). The van der Waals surface area contributed by atoms with Crippen LogP contribution >= 0.6 is 11.3 Å². The van der Waals surface area contributed by atoms with E-state index in [1.807, 2.05) is 5.38 Å². The standard InChI is InChI=1S/C8H9N7O2S/c9-14-8-6(15(16)17)7(12-4-13-8)11-3-5-10-1-2-18-5/h1-2,4H,3,9H2,(H2,11,12,13,14). The largest absolute Gasteiger partial charge is 0.358 e. The molecule has 2 aromatic rings. The average molecular weight is 267 g/mol. The van der Waals surface area contributed by atoms with Crippen LogP contribution in [0.2, 0.25) is 0 Å². The second kappa shape index (κ2) is 5.33. The minimum absolute atomic E-state index is 0.0448. The number of nitrogens with two attached hydrogens (primary N) is 1. The molecule has 0 aliphatic carbocycles. The van der Waals surface area contributed by atoms with Crippen LogP contribution in [0.25, 0.3) is 0 Å². The van der Waals surface area contributed by atoms with Gasteiger partial charge in [0.2, 0.25) is 11.6 Å². The molecular formula is C8H9N7O2S. The van der Waals surface area contributed by atoms with Gasteiger partial charge in [0.15, 0.2) is 0 Å². The first-order valence-electron chi connectivity index (χ1n) is 4.80. The Bertz CT molecular complexity index is 544. The van der Waals surface area contributed by atoms with Gasteiger partial charge in [0.1, 0.15) is 11.3 Å². The topological polar surface area (TPSA) is 132 Å². The predicted molar refractivity (Wildman–Crippen MR) is 65.9 cm³/mol. The Morgan fingerprint density at radius 3 is 2.78 bits per heavy atom. The van der Waals surface area contributed by atoms with Gasteiger partial charge in [0.05, 0.1) is 11.5 Å². The molecule has 10 heteroatoms. The summed E-state index contributed by atoms with van der Waals surface area (Å²) in [7, 11) is 0. The van der Waals surface area contributed by atoms with Crippen LogP contribution in [-0.2, 0) is 6.54 Å². The minimum atomic E-state index is -0.598. The van der Waals surface area contributed by atoms with Crippen molar-refractivity contribution in [3.05, 3.63) is 33.0 Å². The number of rotatable bonds is 5. The van der Waals surface area contributed by atoms with Gasteiger partial charge in [0, 0.05) is 11.6 Å². The fraction of sp³-hybridized carbons (Fsp3) is 0.125. The van der Waals surface area contributed by atoms with E-state index in [1.165, 1.54) is 17.7 Å². The van der Waals surface area contributed by atoms with Gasteiger partial charge in [0.25, 0.3) is 0 Å². The van der Waals surface area contributed by atoms with Crippen molar-refractivity contribution in [1.29, 1.82) is 0 Å². The van der Waals surface area contributed by atoms with Crippen molar-refractivity contribution in [3.8, 4) is 0 Å². The van der Waals surface area contributed by atoms with Gasteiger partial charge in [-0.1, -0.05) is 0 Å². The number of nitrogens with one attached hydrogen (secondary N) is 2. The highest BCUT2D eigenvalue weighted by Gasteiger charge is 2.22. The Morgan fingerprint density at radius 2 is 2.17 bits per heavy atom. The molecule has 0 bridgehead atoms.